The maximum atomic E-state index is 13.4. The Hall–Kier alpha value is -3.71. The lowest BCUT2D eigenvalue weighted by atomic mass is 10.1. The van der Waals surface area contributed by atoms with Crippen molar-refractivity contribution in [3.8, 4) is 11.5 Å². The van der Waals surface area contributed by atoms with Crippen LogP contribution in [-0.4, -0.2) is 31.6 Å². The van der Waals surface area contributed by atoms with Crippen molar-refractivity contribution in [2.75, 3.05) is 24.7 Å². The second-order valence-electron chi connectivity index (χ2n) is 8.57. The highest BCUT2D eigenvalue weighted by molar-refractivity contribution is 8.04. The molecule has 0 radical (unpaired) electrons. The van der Waals surface area contributed by atoms with Gasteiger partial charge in [0, 0.05) is 4.90 Å². The van der Waals surface area contributed by atoms with E-state index in [4.69, 9.17) is 9.47 Å². The molecule has 2 heterocycles. The zero-order valence-corrected chi connectivity index (χ0v) is 20.4. The van der Waals surface area contributed by atoms with E-state index < -0.39 is 0 Å². The number of nitrogens with zero attached hydrogens (tertiary/aromatic N) is 1. The van der Waals surface area contributed by atoms with E-state index in [1.165, 1.54) is 11.8 Å². The van der Waals surface area contributed by atoms with Gasteiger partial charge in [0.2, 0.25) is 5.91 Å². The van der Waals surface area contributed by atoms with Crippen LogP contribution in [0.4, 0.5) is 5.69 Å². The molecule has 0 spiro atoms. The lowest BCUT2D eigenvalue weighted by Crippen LogP contribution is -2.43. The number of ether oxygens (including phenoxy) is 2. The molecular weight excluding hydrogens is 460 g/mol. The van der Waals surface area contributed by atoms with Gasteiger partial charge in [-0.2, -0.15) is 0 Å². The van der Waals surface area contributed by atoms with Crippen molar-refractivity contribution in [2.45, 2.75) is 24.8 Å². The predicted molar refractivity (Wildman–Crippen MR) is 138 cm³/mol. The zero-order chi connectivity index (χ0) is 24.4. The minimum atomic E-state index is -0.259. The van der Waals surface area contributed by atoms with Crippen molar-refractivity contribution in [2.24, 2.45) is 0 Å². The molecule has 0 saturated carbocycles. The quantitative estimate of drug-likeness (QED) is 0.507. The monoisotopic (exact) mass is 486 g/mol. The van der Waals surface area contributed by atoms with Gasteiger partial charge in [0.1, 0.15) is 19.8 Å². The maximum absolute atomic E-state index is 13.4. The van der Waals surface area contributed by atoms with Crippen LogP contribution in [0.5, 0.6) is 11.5 Å². The van der Waals surface area contributed by atoms with Gasteiger partial charge in [-0.1, -0.05) is 59.8 Å². The number of para-hydroxylation sites is 1. The highest BCUT2D eigenvalue weighted by atomic mass is 32.2. The number of fused-ring (bicyclic) bond motifs is 2. The summed E-state index contributed by atoms with van der Waals surface area (Å²) in [6.45, 7) is 4.90. The Morgan fingerprint density at radius 1 is 1.06 bits per heavy atom. The summed E-state index contributed by atoms with van der Waals surface area (Å²) < 4.78 is 11.2. The standard InChI is InChI=1S/C28H26N2O4S/c1-18-7-9-20(10-8-18)15-26-28(32)30(22-5-3-4-6-25(22)35-26)17-27(31)29-19(2)21-11-12-23-24(16-21)34-14-13-33-23/h3-12,15-16,19H,13-14,17H2,1-2H3,(H,29,31)/b26-15-/t19-/m0/s1. The normalized spacial score (nSPS) is 16.6. The van der Waals surface area contributed by atoms with E-state index >= 15 is 0 Å². The summed E-state index contributed by atoms with van der Waals surface area (Å²) in [6, 6.07) is 21.1. The van der Waals surface area contributed by atoms with Gasteiger partial charge in [-0.25, -0.2) is 0 Å². The van der Waals surface area contributed by atoms with Crippen molar-refractivity contribution in [3.63, 3.8) is 0 Å². The highest BCUT2D eigenvalue weighted by Crippen LogP contribution is 2.42. The first kappa shape index (κ1) is 23.1. The number of benzene rings is 3. The molecule has 0 bridgehead atoms. The van der Waals surface area contributed by atoms with Crippen LogP contribution in [-0.2, 0) is 9.59 Å². The summed E-state index contributed by atoms with van der Waals surface area (Å²) in [5.74, 6) is 0.964. The third-order valence-corrected chi connectivity index (χ3v) is 7.03. The summed E-state index contributed by atoms with van der Waals surface area (Å²) >= 11 is 1.43. The number of anilines is 1. The number of carbonyl (C=O) groups is 2. The molecule has 7 heteroatoms. The fourth-order valence-electron chi connectivity index (χ4n) is 4.08. The molecule has 178 valence electrons. The lowest BCUT2D eigenvalue weighted by molar-refractivity contribution is -0.122. The Kier molecular flexibility index (Phi) is 6.51. The molecule has 3 aromatic rings. The number of carbonyl (C=O) groups excluding carboxylic acids is 2. The minimum absolute atomic E-state index is 0.0729. The van der Waals surface area contributed by atoms with Crippen LogP contribution in [0.3, 0.4) is 0 Å². The van der Waals surface area contributed by atoms with E-state index in [9.17, 15) is 9.59 Å². The molecule has 0 aliphatic carbocycles. The highest BCUT2D eigenvalue weighted by Gasteiger charge is 2.30. The summed E-state index contributed by atoms with van der Waals surface area (Å²) in [4.78, 5) is 29.6. The van der Waals surface area contributed by atoms with Gasteiger partial charge < -0.3 is 14.8 Å². The molecular formula is C28H26N2O4S. The molecule has 5 rings (SSSR count). The van der Waals surface area contributed by atoms with Gasteiger partial charge in [-0.3, -0.25) is 14.5 Å². The zero-order valence-electron chi connectivity index (χ0n) is 19.6. The maximum Gasteiger partial charge on any atom is 0.265 e. The molecule has 0 saturated heterocycles. The van der Waals surface area contributed by atoms with Crippen LogP contribution >= 0.6 is 11.8 Å². The predicted octanol–water partition coefficient (Wildman–Crippen LogP) is 5.12. The van der Waals surface area contributed by atoms with Gasteiger partial charge in [-0.05, 0) is 55.3 Å². The van der Waals surface area contributed by atoms with E-state index in [-0.39, 0.29) is 24.4 Å². The third-order valence-electron chi connectivity index (χ3n) is 5.95. The Balaban J connectivity index is 1.34. The first-order valence-corrected chi connectivity index (χ1v) is 12.4. The fraction of sp³-hybridized carbons (Fsp3) is 0.214. The van der Waals surface area contributed by atoms with E-state index in [2.05, 4.69) is 5.32 Å². The Morgan fingerprint density at radius 3 is 2.60 bits per heavy atom. The number of rotatable bonds is 5. The van der Waals surface area contributed by atoms with Gasteiger partial charge in [0.15, 0.2) is 11.5 Å². The summed E-state index contributed by atoms with van der Waals surface area (Å²) in [6.07, 6.45) is 1.88. The van der Waals surface area contributed by atoms with Crippen LogP contribution < -0.4 is 19.7 Å². The Labute approximate surface area is 208 Å². The fourth-order valence-corrected chi connectivity index (χ4v) is 5.14. The van der Waals surface area contributed by atoms with Gasteiger partial charge in [-0.15, -0.1) is 0 Å². The van der Waals surface area contributed by atoms with Crippen LogP contribution in [0.1, 0.15) is 29.7 Å². The number of thioether (sulfide) groups is 1. The third kappa shape index (κ3) is 5.05. The smallest absolute Gasteiger partial charge is 0.265 e. The van der Waals surface area contributed by atoms with Crippen molar-refractivity contribution in [1.82, 2.24) is 5.32 Å². The number of hydrogen-bond acceptors (Lipinski definition) is 5. The van der Waals surface area contributed by atoms with Crippen molar-refractivity contribution < 1.29 is 19.1 Å². The van der Waals surface area contributed by atoms with Crippen molar-refractivity contribution in [3.05, 3.63) is 88.3 Å². The molecule has 0 aromatic heterocycles. The Bertz CT molecular complexity index is 1300. The largest absolute Gasteiger partial charge is 0.486 e. The summed E-state index contributed by atoms with van der Waals surface area (Å²) in [5.41, 5.74) is 3.75. The topological polar surface area (TPSA) is 67.9 Å². The number of amides is 2. The second-order valence-corrected chi connectivity index (χ2v) is 9.66. The van der Waals surface area contributed by atoms with Gasteiger partial charge >= 0.3 is 0 Å². The van der Waals surface area contributed by atoms with Crippen LogP contribution in [0, 0.1) is 6.92 Å². The first-order valence-electron chi connectivity index (χ1n) is 11.5. The summed E-state index contributed by atoms with van der Waals surface area (Å²) in [7, 11) is 0. The van der Waals surface area contributed by atoms with Crippen molar-refractivity contribution in [1.29, 1.82) is 0 Å². The first-order chi connectivity index (χ1) is 17.0. The summed E-state index contributed by atoms with van der Waals surface area (Å²) in [5, 5.41) is 3.02. The second kappa shape index (κ2) is 9.88. The average Bonchev–Trinajstić information content (AvgIpc) is 2.87. The molecule has 1 atom stereocenters. The molecule has 35 heavy (non-hydrogen) atoms. The average molecular weight is 487 g/mol. The van der Waals surface area contributed by atoms with E-state index in [1.807, 2.05) is 86.7 Å². The van der Waals surface area contributed by atoms with E-state index in [0.29, 0.717) is 29.6 Å². The number of aryl methyl sites for hydroxylation is 1. The minimum Gasteiger partial charge on any atom is -0.486 e. The van der Waals surface area contributed by atoms with Gasteiger partial charge in [0.25, 0.3) is 5.91 Å². The number of hydrogen-bond donors (Lipinski definition) is 1. The lowest BCUT2D eigenvalue weighted by Gasteiger charge is -2.30. The molecule has 6 nitrogen and oxygen atoms in total. The van der Waals surface area contributed by atoms with Crippen LogP contribution in [0.15, 0.2) is 76.5 Å². The molecule has 2 aliphatic heterocycles. The van der Waals surface area contributed by atoms with E-state index in [0.717, 1.165) is 27.3 Å². The van der Waals surface area contributed by atoms with Crippen LogP contribution in [0.25, 0.3) is 6.08 Å². The molecule has 0 unspecified atom stereocenters. The van der Waals surface area contributed by atoms with Crippen LogP contribution in [0.2, 0.25) is 0 Å². The molecule has 2 amide bonds. The van der Waals surface area contributed by atoms with E-state index in [1.54, 1.807) is 4.90 Å². The molecule has 2 aliphatic rings. The molecule has 0 fully saturated rings. The Morgan fingerprint density at radius 2 is 1.80 bits per heavy atom. The SMILES string of the molecule is Cc1ccc(/C=C2\Sc3ccccc3N(CC(=O)N[C@@H](C)c3ccc4c(c3)OCCO4)C2=O)cc1. The molecule has 3 aromatic carbocycles. The molecule has 1 N–H and O–H groups in total. The number of nitrogens with one attached hydrogen (secondary N) is 1. The van der Waals surface area contributed by atoms with Gasteiger partial charge in [0.05, 0.1) is 16.6 Å². The van der Waals surface area contributed by atoms with Crippen molar-refractivity contribution >= 4 is 35.3 Å².